The molecule has 2 rings (SSSR count). The molecule has 1 aromatic rings. The van der Waals surface area contributed by atoms with Crippen LogP contribution in [0, 0.1) is 6.92 Å². The highest BCUT2D eigenvalue weighted by Crippen LogP contribution is 2.12. The summed E-state index contributed by atoms with van der Waals surface area (Å²) < 4.78 is 2.01. The maximum absolute atomic E-state index is 5.27. The van der Waals surface area contributed by atoms with Crippen LogP contribution >= 0.6 is 12.2 Å². The molecule has 0 aliphatic carbocycles. The average molecular weight is 281 g/mol. The first-order chi connectivity index (χ1) is 9.13. The molecule has 0 spiro atoms. The highest BCUT2D eigenvalue weighted by molar-refractivity contribution is 7.80. The van der Waals surface area contributed by atoms with Crippen LogP contribution in [0.3, 0.4) is 0 Å². The number of nitrogens with one attached hydrogen (secondary N) is 1. The number of piperazine rings is 1. The molecule has 0 radical (unpaired) electrons. The molecule has 1 aliphatic heterocycles. The number of hydrogen-bond donors (Lipinski definition) is 1. The molecule has 0 saturated carbocycles. The molecule has 0 bridgehead atoms. The molecule has 2 heterocycles. The van der Waals surface area contributed by atoms with Crippen molar-refractivity contribution in [3.63, 3.8) is 0 Å². The van der Waals surface area contributed by atoms with E-state index in [9.17, 15) is 0 Å². The van der Waals surface area contributed by atoms with Gasteiger partial charge in [-0.2, -0.15) is 5.10 Å². The van der Waals surface area contributed by atoms with Crippen molar-refractivity contribution in [1.29, 1.82) is 0 Å². The lowest BCUT2D eigenvalue weighted by Gasteiger charge is -2.35. The first-order valence-corrected chi connectivity index (χ1v) is 7.26. The number of aryl methyl sites for hydroxylation is 2. The molecule has 106 valence electrons. The minimum absolute atomic E-state index is 0.856. The lowest BCUT2D eigenvalue weighted by molar-refractivity contribution is 0.174. The topological polar surface area (TPSA) is 36.3 Å². The summed E-state index contributed by atoms with van der Waals surface area (Å²) in [5, 5.41) is 8.40. The molecule has 1 aliphatic rings. The van der Waals surface area contributed by atoms with E-state index in [1.807, 2.05) is 11.7 Å². The Balaban J connectivity index is 1.88. The van der Waals surface area contributed by atoms with Crippen LogP contribution in [0.4, 0.5) is 0 Å². The molecular formula is C13H23N5S. The molecule has 0 unspecified atom stereocenters. The fourth-order valence-electron chi connectivity index (χ4n) is 2.38. The molecule has 1 N–H and O–H groups in total. The van der Waals surface area contributed by atoms with Crippen molar-refractivity contribution >= 4 is 17.3 Å². The molecule has 5 nitrogen and oxygen atoms in total. The Kier molecular flexibility index (Phi) is 4.76. The minimum atomic E-state index is 0.856. The van der Waals surface area contributed by atoms with Crippen LogP contribution in [0.5, 0.6) is 0 Å². The summed E-state index contributed by atoms with van der Waals surface area (Å²) in [7, 11) is 1.89. The van der Waals surface area contributed by atoms with E-state index >= 15 is 0 Å². The standard InChI is InChI=1S/C13H23N5S/c1-4-18-10-12(11(2)15-18)9-16-5-7-17(8-6-16)13(19)14-3/h10H,4-9H2,1-3H3,(H,14,19). The third-order valence-electron chi connectivity index (χ3n) is 3.64. The maximum atomic E-state index is 5.27. The van der Waals surface area contributed by atoms with Gasteiger partial charge in [0.25, 0.3) is 0 Å². The highest BCUT2D eigenvalue weighted by atomic mass is 32.1. The van der Waals surface area contributed by atoms with Crippen molar-refractivity contribution < 1.29 is 0 Å². The Morgan fingerprint density at radius 1 is 1.37 bits per heavy atom. The van der Waals surface area contributed by atoms with Gasteiger partial charge in [-0.15, -0.1) is 0 Å². The molecule has 1 saturated heterocycles. The molecule has 6 heteroatoms. The van der Waals surface area contributed by atoms with Crippen molar-refractivity contribution in [1.82, 2.24) is 24.9 Å². The summed E-state index contributed by atoms with van der Waals surface area (Å²) in [6.07, 6.45) is 2.17. The second-order valence-electron chi connectivity index (χ2n) is 4.91. The van der Waals surface area contributed by atoms with Crippen LogP contribution in [-0.4, -0.2) is 57.9 Å². The van der Waals surface area contributed by atoms with Crippen LogP contribution in [-0.2, 0) is 13.1 Å². The smallest absolute Gasteiger partial charge is 0.168 e. The van der Waals surface area contributed by atoms with Gasteiger partial charge in [-0.25, -0.2) is 0 Å². The third kappa shape index (κ3) is 3.45. The summed E-state index contributed by atoms with van der Waals surface area (Å²) >= 11 is 5.27. The zero-order valence-electron chi connectivity index (χ0n) is 12.0. The first-order valence-electron chi connectivity index (χ1n) is 6.86. The third-order valence-corrected chi connectivity index (χ3v) is 4.10. The second-order valence-corrected chi connectivity index (χ2v) is 5.30. The maximum Gasteiger partial charge on any atom is 0.168 e. The molecule has 1 fully saturated rings. The Labute approximate surface area is 120 Å². The van der Waals surface area contributed by atoms with Crippen LogP contribution in [0.1, 0.15) is 18.2 Å². The van der Waals surface area contributed by atoms with Gasteiger partial charge in [0.1, 0.15) is 0 Å². The summed E-state index contributed by atoms with van der Waals surface area (Å²) in [5.74, 6) is 0. The van der Waals surface area contributed by atoms with Gasteiger partial charge in [-0.1, -0.05) is 0 Å². The van der Waals surface area contributed by atoms with E-state index in [4.69, 9.17) is 12.2 Å². The molecule has 0 amide bonds. The van der Waals surface area contributed by atoms with Gasteiger partial charge in [0.2, 0.25) is 0 Å². The van der Waals surface area contributed by atoms with Crippen LogP contribution in [0.2, 0.25) is 0 Å². The normalized spacial score (nSPS) is 16.7. The SMILES string of the molecule is CCn1cc(CN2CCN(C(=S)NC)CC2)c(C)n1. The van der Waals surface area contributed by atoms with E-state index in [1.54, 1.807) is 0 Å². The summed E-state index contributed by atoms with van der Waals surface area (Å²) in [6, 6.07) is 0. The van der Waals surface area contributed by atoms with Gasteiger partial charge >= 0.3 is 0 Å². The number of nitrogens with zero attached hydrogens (tertiary/aromatic N) is 4. The van der Waals surface area contributed by atoms with Crippen molar-refractivity contribution in [2.75, 3.05) is 33.2 Å². The van der Waals surface area contributed by atoms with Gasteiger partial charge in [-0.3, -0.25) is 9.58 Å². The number of rotatable bonds is 3. The lowest BCUT2D eigenvalue weighted by Crippen LogP contribution is -2.50. The minimum Gasteiger partial charge on any atom is -0.366 e. The van der Waals surface area contributed by atoms with Crippen LogP contribution < -0.4 is 5.32 Å². The van der Waals surface area contributed by atoms with Gasteiger partial charge in [0, 0.05) is 58.1 Å². The number of hydrogen-bond acceptors (Lipinski definition) is 3. The van der Waals surface area contributed by atoms with E-state index in [2.05, 4.69) is 40.3 Å². The fourth-order valence-corrected chi connectivity index (χ4v) is 2.57. The van der Waals surface area contributed by atoms with Gasteiger partial charge in [-0.05, 0) is 26.1 Å². The van der Waals surface area contributed by atoms with Crippen molar-refractivity contribution in [2.24, 2.45) is 0 Å². The van der Waals surface area contributed by atoms with Crippen LogP contribution in [0.15, 0.2) is 6.20 Å². The first kappa shape index (κ1) is 14.3. The van der Waals surface area contributed by atoms with E-state index in [0.29, 0.717) is 0 Å². The van der Waals surface area contributed by atoms with E-state index in [0.717, 1.165) is 50.1 Å². The summed E-state index contributed by atoms with van der Waals surface area (Å²) in [4.78, 5) is 4.70. The second kappa shape index (κ2) is 6.34. The number of thiocarbonyl (C=S) groups is 1. The van der Waals surface area contributed by atoms with Crippen molar-refractivity contribution in [3.05, 3.63) is 17.5 Å². The van der Waals surface area contributed by atoms with E-state index in [-0.39, 0.29) is 0 Å². The Bertz CT molecular complexity index is 434. The number of aromatic nitrogens is 2. The van der Waals surface area contributed by atoms with E-state index in [1.165, 1.54) is 5.56 Å². The Hall–Kier alpha value is -1.14. The quantitative estimate of drug-likeness (QED) is 0.831. The molecule has 19 heavy (non-hydrogen) atoms. The summed E-state index contributed by atoms with van der Waals surface area (Å²) in [6.45, 7) is 10.2. The van der Waals surface area contributed by atoms with Gasteiger partial charge in [0.15, 0.2) is 5.11 Å². The molecule has 0 aromatic carbocycles. The zero-order valence-corrected chi connectivity index (χ0v) is 12.8. The predicted octanol–water partition coefficient (Wildman–Crippen LogP) is 0.833. The van der Waals surface area contributed by atoms with Crippen molar-refractivity contribution in [2.45, 2.75) is 26.9 Å². The predicted molar refractivity (Wildman–Crippen MR) is 81.1 cm³/mol. The van der Waals surface area contributed by atoms with Gasteiger partial charge in [0.05, 0.1) is 5.69 Å². The van der Waals surface area contributed by atoms with Crippen molar-refractivity contribution in [3.8, 4) is 0 Å². The molecule has 0 atom stereocenters. The monoisotopic (exact) mass is 281 g/mol. The fraction of sp³-hybridized carbons (Fsp3) is 0.692. The largest absolute Gasteiger partial charge is 0.366 e. The average Bonchev–Trinajstić information content (AvgIpc) is 2.79. The Morgan fingerprint density at radius 2 is 2.05 bits per heavy atom. The van der Waals surface area contributed by atoms with E-state index < -0.39 is 0 Å². The molecular weight excluding hydrogens is 258 g/mol. The van der Waals surface area contributed by atoms with Crippen LogP contribution in [0.25, 0.3) is 0 Å². The molecule has 1 aromatic heterocycles. The lowest BCUT2D eigenvalue weighted by atomic mass is 10.2. The van der Waals surface area contributed by atoms with Gasteiger partial charge < -0.3 is 10.2 Å². The highest BCUT2D eigenvalue weighted by Gasteiger charge is 2.19. The Morgan fingerprint density at radius 3 is 2.58 bits per heavy atom. The summed E-state index contributed by atoms with van der Waals surface area (Å²) in [5.41, 5.74) is 2.49. The zero-order chi connectivity index (χ0) is 13.8.